The Bertz CT molecular complexity index is 992. The molecule has 24 heavy (non-hydrogen) atoms. The van der Waals surface area contributed by atoms with Gasteiger partial charge < -0.3 is 4.74 Å². The zero-order valence-corrected chi connectivity index (χ0v) is 13.2. The van der Waals surface area contributed by atoms with Crippen molar-refractivity contribution >= 4 is 32.7 Å². The molecule has 0 spiro atoms. The Balaban J connectivity index is 1.76. The summed E-state index contributed by atoms with van der Waals surface area (Å²) in [7, 11) is -4.26. The number of benzene rings is 3. The van der Waals surface area contributed by atoms with Gasteiger partial charge in [0.25, 0.3) is 10.1 Å². The lowest BCUT2D eigenvalue weighted by Crippen LogP contribution is -2.16. The third-order valence-electron chi connectivity index (χ3n) is 3.35. The summed E-state index contributed by atoms with van der Waals surface area (Å²) in [5.41, 5.74) is 0.340. The first-order chi connectivity index (χ1) is 11.4. The van der Waals surface area contributed by atoms with Gasteiger partial charge in [0.1, 0.15) is 5.75 Å². The number of amides is 1. The molecular formula is C17H13NO5S. The Morgan fingerprint density at radius 1 is 0.917 bits per heavy atom. The second kappa shape index (κ2) is 6.31. The third kappa shape index (κ3) is 3.53. The van der Waals surface area contributed by atoms with Crippen LogP contribution in [0.3, 0.4) is 0 Å². The van der Waals surface area contributed by atoms with Crippen LogP contribution in [0.4, 0.5) is 10.5 Å². The van der Waals surface area contributed by atoms with E-state index in [0.29, 0.717) is 11.4 Å². The summed E-state index contributed by atoms with van der Waals surface area (Å²) in [4.78, 5) is 11.8. The lowest BCUT2D eigenvalue weighted by atomic mass is 10.1. The summed E-state index contributed by atoms with van der Waals surface area (Å²) in [5.74, 6) is 0.417. The van der Waals surface area contributed by atoms with Crippen molar-refractivity contribution in [2.75, 3.05) is 5.32 Å². The summed E-state index contributed by atoms with van der Waals surface area (Å²) < 4.78 is 36.2. The second-order valence-corrected chi connectivity index (χ2v) is 6.41. The van der Waals surface area contributed by atoms with E-state index in [2.05, 4.69) is 5.32 Å². The molecule has 0 saturated carbocycles. The molecule has 0 heterocycles. The van der Waals surface area contributed by atoms with Crippen LogP contribution >= 0.6 is 0 Å². The number of carbonyl (C=O) groups excluding carboxylic acids is 1. The maximum Gasteiger partial charge on any atom is 0.417 e. The normalized spacial score (nSPS) is 11.2. The zero-order chi connectivity index (χ0) is 17.2. The fraction of sp³-hybridized carbons (Fsp3) is 0. The molecule has 3 aromatic carbocycles. The SMILES string of the molecule is O=C(Nc1ccc(S(=O)(=O)O)cc1)Oc1cccc2ccccc12. The standard InChI is InChI=1S/C17H13NO5S/c19-17(18-13-8-10-14(11-9-13)24(20,21)22)23-16-7-3-5-12-4-1-2-6-15(12)16/h1-11H,(H,18,19)(H,20,21,22). The minimum atomic E-state index is -4.26. The van der Waals surface area contributed by atoms with Crippen molar-refractivity contribution < 1.29 is 22.5 Å². The highest BCUT2D eigenvalue weighted by Gasteiger charge is 2.11. The van der Waals surface area contributed by atoms with E-state index >= 15 is 0 Å². The molecule has 0 radical (unpaired) electrons. The van der Waals surface area contributed by atoms with Gasteiger partial charge in [-0.25, -0.2) is 4.79 Å². The predicted molar refractivity (Wildman–Crippen MR) is 89.9 cm³/mol. The molecule has 1 amide bonds. The second-order valence-electron chi connectivity index (χ2n) is 4.99. The number of rotatable bonds is 3. The van der Waals surface area contributed by atoms with Crippen molar-refractivity contribution in [2.45, 2.75) is 4.90 Å². The van der Waals surface area contributed by atoms with Crippen LogP contribution in [-0.4, -0.2) is 19.1 Å². The highest BCUT2D eigenvalue weighted by molar-refractivity contribution is 7.85. The van der Waals surface area contributed by atoms with Gasteiger partial charge in [-0.05, 0) is 35.7 Å². The smallest absolute Gasteiger partial charge is 0.409 e. The van der Waals surface area contributed by atoms with E-state index in [4.69, 9.17) is 9.29 Å². The van der Waals surface area contributed by atoms with E-state index in [-0.39, 0.29) is 4.90 Å². The summed E-state index contributed by atoms with van der Waals surface area (Å²) in [6.07, 6.45) is -0.703. The van der Waals surface area contributed by atoms with E-state index in [1.54, 1.807) is 12.1 Å². The Kier molecular flexibility index (Phi) is 4.20. The van der Waals surface area contributed by atoms with Crippen LogP contribution in [0.25, 0.3) is 10.8 Å². The lowest BCUT2D eigenvalue weighted by Gasteiger charge is -2.09. The number of nitrogens with one attached hydrogen (secondary N) is 1. The molecule has 0 bridgehead atoms. The van der Waals surface area contributed by atoms with Crippen LogP contribution in [0.2, 0.25) is 0 Å². The molecule has 122 valence electrons. The first-order valence-corrected chi connectivity index (χ1v) is 8.42. The molecule has 0 aliphatic carbocycles. The monoisotopic (exact) mass is 343 g/mol. The van der Waals surface area contributed by atoms with Crippen LogP contribution in [-0.2, 0) is 10.1 Å². The van der Waals surface area contributed by atoms with Gasteiger partial charge in [-0.3, -0.25) is 9.87 Å². The summed E-state index contributed by atoms with van der Waals surface area (Å²) in [6, 6.07) is 18.0. The Morgan fingerprint density at radius 2 is 1.58 bits per heavy atom. The number of hydrogen-bond acceptors (Lipinski definition) is 4. The van der Waals surface area contributed by atoms with Gasteiger partial charge in [-0.1, -0.05) is 36.4 Å². The predicted octanol–water partition coefficient (Wildman–Crippen LogP) is 3.70. The highest BCUT2D eigenvalue weighted by Crippen LogP contribution is 2.25. The molecule has 6 nitrogen and oxygen atoms in total. The number of fused-ring (bicyclic) bond motifs is 1. The van der Waals surface area contributed by atoms with Gasteiger partial charge >= 0.3 is 6.09 Å². The summed E-state index contributed by atoms with van der Waals surface area (Å²) >= 11 is 0. The molecule has 7 heteroatoms. The molecule has 0 aliphatic heterocycles. The Morgan fingerprint density at radius 3 is 2.29 bits per heavy atom. The number of anilines is 1. The zero-order valence-electron chi connectivity index (χ0n) is 12.3. The molecule has 0 atom stereocenters. The van der Waals surface area contributed by atoms with Gasteiger partial charge in [0, 0.05) is 11.1 Å². The minimum absolute atomic E-state index is 0.254. The van der Waals surface area contributed by atoms with Gasteiger partial charge in [0.2, 0.25) is 0 Å². The first kappa shape index (κ1) is 16.0. The fourth-order valence-electron chi connectivity index (χ4n) is 2.24. The molecule has 0 aromatic heterocycles. The minimum Gasteiger partial charge on any atom is -0.409 e. The van der Waals surface area contributed by atoms with Gasteiger partial charge in [-0.15, -0.1) is 0 Å². The molecule has 3 rings (SSSR count). The van der Waals surface area contributed by atoms with E-state index in [9.17, 15) is 13.2 Å². The first-order valence-electron chi connectivity index (χ1n) is 6.98. The molecule has 2 N–H and O–H groups in total. The molecule has 0 unspecified atom stereocenters. The maximum atomic E-state index is 12.0. The van der Waals surface area contributed by atoms with E-state index in [1.807, 2.05) is 30.3 Å². The van der Waals surface area contributed by atoms with Crippen molar-refractivity contribution in [2.24, 2.45) is 0 Å². The summed E-state index contributed by atoms with van der Waals surface area (Å²) in [5, 5.41) is 4.24. The summed E-state index contributed by atoms with van der Waals surface area (Å²) in [6.45, 7) is 0. The highest BCUT2D eigenvalue weighted by atomic mass is 32.2. The van der Waals surface area contributed by atoms with Crippen LogP contribution in [0.5, 0.6) is 5.75 Å². The van der Waals surface area contributed by atoms with E-state index in [0.717, 1.165) is 10.8 Å². The lowest BCUT2D eigenvalue weighted by molar-refractivity contribution is 0.215. The molecule has 3 aromatic rings. The molecule has 0 aliphatic rings. The van der Waals surface area contributed by atoms with Gasteiger partial charge in [0.05, 0.1) is 4.90 Å². The average Bonchev–Trinajstić information content (AvgIpc) is 2.55. The number of hydrogen-bond donors (Lipinski definition) is 2. The number of ether oxygens (including phenoxy) is 1. The van der Waals surface area contributed by atoms with Crippen LogP contribution in [0.1, 0.15) is 0 Å². The van der Waals surface area contributed by atoms with Crippen LogP contribution in [0, 0.1) is 0 Å². The maximum absolute atomic E-state index is 12.0. The van der Waals surface area contributed by atoms with E-state index < -0.39 is 16.2 Å². The van der Waals surface area contributed by atoms with Crippen molar-refractivity contribution in [1.29, 1.82) is 0 Å². The largest absolute Gasteiger partial charge is 0.417 e. The van der Waals surface area contributed by atoms with Gasteiger partial charge in [-0.2, -0.15) is 8.42 Å². The van der Waals surface area contributed by atoms with Crippen molar-refractivity contribution in [3.05, 3.63) is 66.7 Å². The van der Waals surface area contributed by atoms with E-state index in [1.165, 1.54) is 24.3 Å². The topological polar surface area (TPSA) is 92.7 Å². The Labute approximate surface area is 138 Å². The van der Waals surface area contributed by atoms with Crippen molar-refractivity contribution in [3.63, 3.8) is 0 Å². The molecule has 0 fully saturated rings. The average molecular weight is 343 g/mol. The van der Waals surface area contributed by atoms with Crippen molar-refractivity contribution in [1.82, 2.24) is 0 Å². The van der Waals surface area contributed by atoms with Crippen LogP contribution in [0.15, 0.2) is 71.6 Å². The van der Waals surface area contributed by atoms with Crippen LogP contribution < -0.4 is 10.1 Å². The van der Waals surface area contributed by atoms with Crippen molar-refractivity contribution in [3.8, 4) is 5.75 Å². The fourth-order valence-corrected chi connectivity index (χ4v) is 2.72. The quantitative estimate of drug-likeness (QED) is 0.707. The number of carbonyl (C=O) groups is 1. The van der Waals surface area contributed by atoms with Gasteiger partial charge in [0.15, 0.2) is 0 Å². The third-order valence-corrected chi connectivity index (χ3v) is 4.22. The molecule has 0 saturated heterocycles. The Hall–Kier alpha value is -2.90. The molecular weight excluding hydrogens is 330 g/mol.